The van der Waals surface area contributed by atoms with Gasteiger partial charge in [-0.2, -0.15) is 0 Å². The summed E-state index contributed by atoms with van der Waals surface area (Å²) in [4.78, 5) is 15.2. The third kappa shape index (κ3) is 3.69. The van der Waals surface area contributed by atoms with Crippen molar-refractivity contribution in [3.63, 3.8) is 0 Å². The average molecular weight is 340 g/mol. The highest BCUT2D eigenvalue weighted by Gasteiger charge is 2.18. The molecule has 0 unspecified atom stereocenters. The van der Waals surface area contributed by atoms with E-state index >= 15 is 0 Å². The Hall–Kier alpha value is -1.79. The topological polar surface area (TPSA) is 66.2 Å². The number of rotatable bonds is 5. The Balaban J connectivity index is 2.34. The van der Waals surface area contributed by atoms with Gasteiger partial charge < -0.3 is 20.4 Å². The predicted octanol–water partition coefficient (Wildman–Crippen LogP) is 2.63. The molecule has 3 N–H and O–H groups in total. The van der Waals surface area contributed by atoms with Crippen LogP contribution in [0, 0.1) is 0 Å². The number of ether oxygens (including phenoxy) is 1. The molecule has 7 heteroatoms. The fraction of sp³-hybridized carbons (Fsp3) is 0.333. The van der Waals surface area contributed by atoms with E-state index in [1.54, 1.807) is 20.0 Å². The van der Waals surface area contributed by atoms with Gasteiger partial charge in [-0.3, -0.25) is 0 Å². The molecule has 0 aliphatic heterocycles. The lowest BCUT2D eigenvalue weighted by Gasteiger charge is -2.08. The van der Waals surface area contributed by atoms with Crippen LogP contribution in [0.2, 0.25) is 5.02 Å². The SMILES string of the molecule is CCOC(=O)c1[nH]c2ccc(Cl)cc2c1CCNC(=S)NC. The molecule has 0 aliphatic rings. The molecular formula is C15H18ClN3O2S. The highest BCUT2D eigenvalue weighted by atomic mass is 35.5. The lowest BCUT2D eigenvalue weighted by Crippen LogP contribution is -2.33. The Labute approximate surface area is 139 Å². The first kappa shape index (κ1) is 16.6. The summed E-state index contributed by atoms with van der Waals surface area (Å²) in [5.41, 5.74) is 2.21. The van der Waals surface area contributed by atoms with Crippen molar-refractivity contribution in [3.05, 3.63) is 34.5 Å². The second-order valence-electron chi connectivity index (χ2n) is 4.64. The molecule has 22 heavy (non-hydrogen) atoms. The highest BCUT2D eigenvalue weighted by Crippen LogP contribution is 2.26. The number of aromatic amines is 1. The number of carbonyl (C=O) groups is 1. The minimum atomic E-state index is -0.360. The predicted molar refractivity (Wildman–Crippen MR) is 92.6 cm³/mol. The zero-order chi connectivity index (χ0) is 16.1. The maximum Gasteiger partial charge on any atom is 0.355 e. The van der Waals surface area contributed by atoms with Gasteiger partial charge in [0.05, 0.1) is 6.61 Å². The van der Waals surface area contributed by atoms with Gasteiger partial charge in [0.25, 0.3) is 0 Å². The van der Waals surface area contributed by atoms with Crippen LogP contribution in [0.5, 0.6) is 0 Å². The number of aromatic nitrogens is 1. The molecule has 0 bridgehead atoms. The number of esters is 1. The summed E-state index contributed by atoms with van der Waals surface area (Å²) in [6.07, 6.45) is 0.621. The average Bonchev–Trinajstić information content (AvgIpc) is 2.85. The number of carbonyl (C=O) groups excluding carboxylic acids is 1. The van der Waals surface area contributed by atoms with Gasteiger partial charge in [0, 0.05) is 29.5 Å². The van der Waals surface area contributed by atoms with Crippen molar-refractivity contribution in [2.75, 3.05) is 20.2 Å². The third-order valence-corrected chi connectivity index (χ3v) is 3.82. The molecule has 0 atom stereocenters. The van der Waals surface area contributed by atoms with Crippen LogP contribution in [0.25, 0.3) is 10.9 Å². The van der Waals surface area contributed by atoms with Crippen LogP contribution in [0.15, 0.2) is 18.2 Å². The van der Waals surface area contributed by atoms with Gasteiger partial charge in [0.1, 0.15) is 5.69 Å². The van der Waals surface area contributed by atoms with Crippen LogP contribution in [0.3, 0.4) is 0 Å². The van der Waals surface area contributed by atoms with E-state index in [9.17, 15) is 4.79 Å². The molecule has 5 nitrogen and oxygen atoms in total. The quantitative estimate of drug-likeness (QED) is 0.577. The monoisotopic (exact) mass is 339 g/mol. The number of hydrogen-bond acceptors (Lipinski definition) is 3. The zero-order valence-electron chi connectivity index (χ0n) is 12.5. The molecule has 0 saturated carbocycles. The van der Waals surface area contributed by atoms with Crippen LogP contribution >= 0.6 is 23.8 Å². The summed E-state index contributed by atoms with van der Waals surface area (Å²) in [6.45, 7) is 2.71. The van der Waals surface area contributed by atoms with Crippen LogP contribution in [0.4, 0.5) is 0 Å². The molecule has 2 rings (SSSR count). The summed E-state index contributed by atoms with van der Waals surface area (Å²) in [5.74, 6) is -0.360. The van der Waals surface area contributed by atoms with E-state index < -0.39 is 0 Å². The number of thiocarbonyl (C=S) groups is 1. The first-order valence-corrected chi connectivity index (χ1v) is 7.78. The van der Waals surface area contributed by atoms with E-state index in [0.717, 1.165) is 16.5 Å². The minimum Gasteiger partial charge on any atom is -0.461 e. The van der Waals surface area contributed by atoms with Crippen molar-refractivity contribution in [1.29, 1.82) is 0 Å². The minimum absolute atomic E-state index is 0.330. The molecular weight excluding hydrogens is 322 g/mol. The normalized spacial score (nSPS) is 10.5. The van der Waals surface area contributed by atoms with Gasteiger partial charge >= 0.3 is 5.97 Å². The number of halogens is 1. The summed E-state index contributed by atoms with van der Waals surface area (Å²) in [7, 11) is 1.75. The van der Waals surface area contributed by atoms with E-state index in [1.807, 2.05) is 12.1 Å². The molecule has 118 valence electrons. The van der Waals surface area contributed by atoms with Crippen LogP contribution in [0.1, 0.15) is 23.0 Å². The molecule has 0 amide bonds. The lowest BCUT2D eigenvalue weighted by atomic mass is 10.1. The fourth-order valence-corrected chi connectivity index (χ4v) is 2.52. The van der Waals surface area contributed by atoms with Gasteiger partial charge in [-0.15, -0.1) is 0 Å². The molecule has 1 heterocycles. The van der Waals surface area contributed by atoms with Crippen molar-refractivity contribution in [1.82, 2.24) is 15.6 Å². The molecule has 0 fully saturated rings. The molecule has 0 spiro atoms. The highest BCUT2D eigenvalue weighted by molar-refractivity contribution is 7.80. The molecule has 0 aliphatic carbocycles. The maximum atomic E-state index is 12.1. The van der Waals surface area contributed by atoms with Crippen molar-refractivity contribution in [2.24, 2.45) is 0 Å². The number of fused-ring (bicyclic) bond motifs is 1. The van der Waals surface area contributed by atoms with Crippen molar-refractivity contribution in [2.45, 2.75) is 13.3 Å². The number of H-pyrrole nitrogens is 1. The van der Waals surface area contributed by atoms with Crippen LogP contribution in [-0.2, 0) is 11.2 Å². The first-order valence-electron chi connectivity index (χ1n) is 6.99. The molecule has 1 aromatic heterocycles. The summed E-state index contributed by atoms with van der Waals surface area (Å²) >= 11 is 11.1. The largest absolute Gasteiger partial charge is 0.461 e. The Morgan fingerprint density at radius 3 is 2.91 bits per heavy atom. The van der Waals surface area contributed by atoms with Crippen molar-refractivity contribution >= 4 is 45.8 Å². The van der Waals surface area contributed by atoms with Crippen molar-refractivity contribution < 1.29 is 9.53 Å². The van der Waals surface area contributed by atoms with E-state index in [-0.39, 0.29) is 5.97 Å². The van der Waals surface area contributed by atoms with Gasteiger partial charge in [0.15, 0.2) is 5.11 Å². The molecule has 1 aromatic carbocycles. The summed E-state index contributed by atoms with van der Waals surface area (Å²) in [6, 6.07) is 5.49. The third-order valence-electron chi connectivity index (χ3n) is 3.24. The lowest BCUT2D eigenvalue weighted by molar-refractivity contribution is 0.0519. The molecule has 0 radical (unpaired) electrons. The van der Waals surface area contributed by atoms with Gasteiger partial charge in [-0.25, -0.2) is 4.79 Å². The van der Waals surface area contributed by atoms with E-state index in [2.05, 4.69) is 15.6 Å². The Bertz CT molecular complexity index is 699. The van der Waals surface area contributed by atoms with E-state index in [1.165, 1.54) is 0 Å². The standard InChI is InChI=1S/C15H18ClN3O2S/c1-3-21-14(20)13-10(6-7-18-15(22)17-2)11-8-9(16)4-5-12(11)19-13/h4-5,8,19H,3,6-7H2,1-2H3,(H2,17,18,22). The van der Waals surface area contributed by atoms with Gasteiger partial charge in [-0.05, 0) is 49.3 Å². The van der Waals surface area contributed by atoms with Gasteiger partial charge in [-0.1, -0.05) is 11.6 Å². The van der Waals surface area contributed by atoms with Gasteiger partial charge in [0.2, 0.25) is 0 Å². The maximum absolute atomic E-state index is 12.1. The Morgan fingerprint density at radius 2 is 2.23 bits per heavy atom. The van der Waals surface area contributed by atoms with Crippen molar-refractivity contribution in [3.8, 4) is 0 Å². The number of benzene rings is 1. The Kier molecular flexibility index (Phi) is 5.63. The van der Waals surface area contributed by atoms with Crippen LogP contribution in [-0.4, -0.2) is 36.3 Å². The summed E-state index contributed by atoms with van der Waals surface area (Å²) in [5, 5.41) is 8.03. The first-order chi connectivity index (χ1) is 10.6. The second kappa shape index (κ2) is 7.47. The summed E-state index contributed by atoms with van der Waals surface area (Å²) < 4.78 is 5.12. The smallest absolute Gasteiger partial charge is 0.355 e. The molecule has 0 saturated heterocycles. The van der Waals surface area contributed by atoms with Crippen LogP contribution < -0.4 is 10.6 Å². The molecule has 2 aromatic rings. The number of hydrogen-bond donors (Lipinski definition) is 3. The van der Waals surface area contributed by atoms with E-state index in [0.29, 0.717) is 35.4 Å². The zero-order valence-corrected chi connectivity index (χ0v) is 14.0. The number of nitrogens with one attached hydrogen (secondary N) is 3. The van der Waals surface area contributed by atoms with E-state index in [4.69, 9.17) is 28.6 Å². The Morgan fingerprint density at radius 1 is 1.45 bits per heavy atom. The fourth-order valence-electron chi connectivity index (χ4n) is 2.25. The second-order valence-corrected chi connectivity index (χ2v) is 5.49.